The van der Waals surface area contributed by atoms with E-state index in [9.17, 15) is 4.79 Å². The fourth-order valence-electron chi connectivity index (χ4n) is 2.39. The summed E-state index contributed by atoms with van der Waals surface area (Å²) in [5, 5.41) is 9.15. The lowest BCUT2D eigenvalue weighted by atomic mass is 9.95. The second-order valence-corrected chi connectivity index (χ2v) is 4.50. The lowest BCUT2D eigenvalue weighted by Gasteiger charge is -2.35. The minimum absolute atomic E-state index is 0.420. The Labute approximate surface area is 95.7 Å². The highest BCUT2D eigenvalue weighted by atomic mass is 16.4. The van der Waals surface area contributed by atoms with Crippen LogP contribution in [0.15, 0.2) is 18.2 Å². The van der Waals surface area contributed by atoms with Crippen LogP contribution in [0.3, 0.4) is 0 Å². The molecule has 0 saturated heterocycles. The van der Waals surface area contributed by atoms with Gasteiger partial charge in [0.2, 0.25) is 0 Å². The standard InChI is InChI=1S/C13H17NO2/c1-9(2)14-8-4-6-10-11(13(15)16)5-3-7-12(10)14/h3,5,7,9H,4,6,8H2,1-2H3,(H,15,16). The molecule has 0 spiro atoms. The zero-order valence-corrected chi connectivity index (χ0v) is 9.73. The molecule has 1 N–H and O–H groups in total. The fourth-order valence-corrected chi connectivity index (χ4v) is 2.39. The summed E-state index contributed by atoms with van der Waals surface area (Å²) in [7, 11) is 0. The molecular weight excluding hydrogens is 202 g/mol. The summed E-state index contributed by atoms with van der Waals surface area (Å²) >= 11 is 0. The first-order valence-electron chi connectivity index (χ1n) is 5.73. The molecule has 1 heterocycles. The molecule has 1 aromatic carbocycles. The molecule has 0 saturated carbocycles. The maximum Gasteiger partial charge on any atom is 0.336 e. The Hall–Kier alpha value is -1.51. The van der Waals surface area contributed by atoms with Crippen molar-refractivity contribution in [1.29, 1.82) is 0 Å². The van der Waals surface area contributed by atoms with Crippen molar-refractivity contribution in [2.75, 3.05) is 11.4 Å². The number of carbonyl (C=O) groups is 1. The van der Waals surface area contributed by atoms with Gasteiger partial charge in [-0.1, -0.05) is 6.07 Å². The number of rotatable bonds is 2. The normalized spacial score (nSPS) is 15.1. The van der Waals surface area contributed by atoms with E-state index in [2.05, 4.69) is 18.7 Å². The van der Waals surface area contributed by atoms with Gasteiger partial charge in [-0.15, -0.1) is 0 Å². The van der Waals surface area contributed by atoms with E-state index in [-0.39, 0.29) is 0 Å². The van der Waals surface area contributed by atoms with Crippen molar-refractivity contribution in [1.82, 2.24) is 0 Å². The molecule has 0 bridgehead atoms. The Morgan fingerprint density at radius 1 is 1.44 bits per heavy atom. The summed E-state index contributed by atoms with van der Waals surface area (Å²) < 4.78 is 0. The summed E-state index contributed by atoms with van der Waals surface area (Å²) in [6, 6.07) is 5.98. The number of aromatic carboxylic acids is 1. The van der Waals surface area contributed by atoms with Gasteiger partial charge in [0.1, 0.15) is 0 Å². The summed E-state index contributed by atoms with van der Waals surface area (Å²) in [5.74, 6) is -0.817. The second-order valence-electron chi connectivity index (χ2n) is 4.50. The minimum Gasteiger partial charge on any atom is -0.478 e. The number of anilines is 1. The molecule has 0 fully saturated rings. The van der Waals surface area contributed by atoms with E-state index in [1.54, 1.807) is 6.07 Å². The van der Waals surface area contributed by atoms with Gasteiger partial charge in [0.15, 0.2) is 0 Å². The second kappa shape index (κ2) is 4.16. The van der Waals surface area contributed by atoms with E-state index in [0.29, 0.717) is 11.6 Å². The third kappa shape index (κ3) is 1.77. The zero-order valence-electron chi connectivity index (χ0n) is 9.73. The molecule has 3 nitrogen and oxygen atoms in total. The minimum atomic E-state index is -0.817. The highest BCUT2D eigenvalue weighted by molar-refractivity contribution is 5.91. The zero-order chi connectivity index (χ0) is 11.7. The summed E-state index contributed by atoms with van der Waals surface area (Å²) in [4.78, 5) is 13.4. The van der Waals surface area contributed by atoms with Crippen LogP contribution in [0.2, 0.25) is 0 Å². The largest absolute Gasteiger partial charge is 0.478 e. The van der Waals surface area contributed by atoms with E-state index in [4.69, 9.17) is 5.11 Å². The van der Waals surface area contributed by atoms with Crippen molar-refractivity contribution < 1.29 is 9.90 Å². The van der Waals surface area contributed by atoms with Gasteiger partial charge in [0.25, 0.3) is 0 Å². The van der Waals surface area contributed by atoms with Crippen LogP contribution in [0.1, 0.15) is 36.2 Å². The molecule has 1 aromatic rings. The third-order valence-corrected chi connectivity index (χ3v) is 3.14. The Kier molecular flexibility index (Phi) is 2.86. The molecule has 0 radical (unpaired) electrons. The average Bonchev–Trinajstić information content (AvgIpc) is 2.27. The van der Waals surface area contributed by atoms with E-state index in [0.717, 1.165) is 30.6 Å². The lowest BCUT2D eigenvalue weighted by Crippen LogP contribution is -2.35. The van der Waals surface area contributed by atoms with E-state index >= 15 is 0 Å². The molecule has 3 heteroatoms. The number of nitrogens with zero attached hydrogens (tertiary/aromatic N) is 1. The maximum atomic E-state index is 11.1. The third-order valence-electron chi connectivity index (χ3n) is 3.14. The smallest absolute Gasteiger partial charge is 0.336 e. The fraction of sp³-hybridized carbons (Fsp3) is 0.462. The van der Waals surface area contributed by atoms with Gasteiger partial charge in [-0.3, -0.25) is 0 Å². The Balaban J connectivity index is 2.50. The number of carboxylic acids is 1. The average molecular weight is 219 g/mol. The van der Waals surface area contributed by atoms with Gasteiger partial charge in [-0.2, -0.15) is 0 Å². The van der Waals surface area contributed by atoms with Crippen LogP contribution < -0.4 is 4.90 Å². The van der Waals surface area contributed by atoms with Crippen molar-refractivity contribution in [2.24, 2.45) is 0 Å². The SMILES string of the molecule is CC(C)N1CCCc2c(C(=O)O)cccc21. The van der Waals surface area contributed by atoms with Crippen LogP contribution in [-0.4, -0.2) is 23.7 Å². The van der Waals surface area contributed by atoms with Crippen LogP contribution >= 0.6 is 0 Å². The molecule has 86 valence electrons. The predicted octanol–water partition coefficient (Wildman–Crippen LogP) is 2.55. The molecule has 0 aromatic heterocycles. The first kappa shape index (κ1) is 11.0. The monoisotopic (exact) mass is 219 g/mol. The van der Waals surface area contributed by atoms with E-state index in [1.807, 2.05) is 12.1 Å². The number of hydrogen-bond donors (Lipinski definition) is 1. The molecule has 16 heavy (non-hydrogen) atoms. The Bertz CT molecular complexity index is 412. The van der Waals surface area contributed by atoms with E-state index < -0.39 is 5.97 Å². The van der Waals surface area contributed by atoms with Crippen molar-refractivity contribution in [3.63, 3.8) is 0 Å². The predicted molar refractivity (Wildman–Crippen MR) is 64.2 cm³/mol. The van der Waals surface area contributed by atoms with Gasteiger partial charge in [0, 0.05) is 18.3 Å². The van der Waals surface area contributed by atoms with Gasteiger partial charge in [0.05, 0.1) is 5.56 Å². The van der Waals surface area contributed by atoms with Crippen LogP contribution in [0.4, 0.5) is 5.69 Å². The molecule has 0 unspecified atom stereocenters. The Morgan fingerprint density at radius 2 is 2.19 bits per heavy atom. The molecule has 1 aliphatic rings. The van der Waals surface area contributed by atoms with Crippen LogP contribution in [0, 0.1) is 0 Å². The van der Waals surface area contributed by atoms with Crippen molar-refractivity contribution in [2.45, 2.75) is 32.7 Å². The van der Waals surface area contributed by atoms with Crippen LogP contribution in [-0.2, 0) is 6.42 Å². The topological polar surface area (TPSA) is 40.5 Å². The van der Waals surface area contributed by atoms with Gasteiger partial charge in [-0.05, 0) is 44.4 Å². The summed E-state index contributed by atoms with van der Waals surface area (Å²) in [5.41, 5.74) is 2.55. The maximum absolute atomic E-state index is 11.1. The molecular formula is C13H17NO2. The molecule has 0 aliphatic carbocycles. The molecule has 1 aliphatic heterocycles. The number of fused-ring (bicyclic) bond motifs is 1. The van der Waals surface area contributed by atoms with Crippen LogP contribution in [0.5, 0.6) is 0 Å². The first-order chi connectivity index (χ1) is 7.61. The quantitative estimate of drug-likeness (QED) is 0.831. The lowest BCUT2D eigenvalue weighted by molar-refractivity contribution is 0.0695. The molecule has 0 atom stereocenters. The van der Waals surface area contributed by atoms with Gasteiger partial charge < -0.3 is 10.0 Å². The van der Waals surface area contributed by atoms with Crippen molar-refractivity contribution in [3.8, 4) is 0 Å². The van der Waals surface area contributed by atoms with Crippen molar-refractivity contribution in [3.05, 3.63) is 29.3 Å². The molecule has 2 rings (SSSR count). The number of carboxylic acid groups (broad SMARTS) is 1. The first-order valence-corrected chi connectivity index (χ1v) is 5.73. The van der Waals surface area contributed by atoms with Gasteiger partial charge >= 0.3 is 5.97 Å². The van der Waals surface area contributed by atoms with Gasteiger partial charge in [-0.25, -0.2) is 4.79 Å². The highest BCUT2D eigenvalue weighted by Crippen LogP contribution is 2.31. The highest BCUT2D eigenvalue weighted by Gasteiger charge is 2.22. The number of benzene rings is 1. The summed E-state index contributed by atoms with van der Waals surface area (Å²) in [6.07, 6.45) is 1.91. The van der Waals surface area contributed by atoms with Crippen LogP contribution in [0.25, 0.3) is 0 Å². The van der Waals surface area contributed by atoms with Crippen molar-refractivity contribution >= 4 is 11.7 Å². The molecule has 0 amide bonds. The summed E-state index contributed by atoms with van der Waals surface area (Å²) in [6.45, 7) is 5.30. The number of hydrogen-bond acceptors (Lipinski definition) is 2. The van der Waals surface area contributed by atoms with E-state index in [1.165, 1.54) is 0 Å². The Morgan fingerprint density at radius 3 is 2.81 bits per heavy atom.